The van der Waals surface area contributed by atoms with Gasteiger partial charge in [0.15, 0.2) is 0 Å². The summed E-state index contributed by atoms with van der Waals surface area (Å²) in [6, 6.07) is 0.963. The van der Waals surface area contributed by atoms with E-state index in [1.165, 1.54) is 57.8 Å². The molecule has 0 aromatic carbocycles. The van der Waals surface area contributed by atoms with Gasteiger partial charge in [0.2, 0.25) is 5.91 Å². The number of hydrogen-bond acceptors (Lipinski definition) is 2. The molecule has 2 N–H and O–H groups in total. The van der Waals surface area contributed by atoms with Crippen LogP contribution in [0.3, 0.4) is 0 Å². The minimum Gasteiger partial charge on any atom is -0.352 e. The Labute approximate surface area is 124 Å². The van der Waals surface area contributed by atoms with Crippen molar-refractivity contribution in [1.82, 2.24) is 10.6 Å². The lowest BCUT2D eigenvalue weighted by Gasteiger charge is -2.32. The van der Waals surface area contributed by atoms with Crippen molar-refractivity contribution in [1.29, 1.82) is 0 Å². The van der Waals surface area contributed by atoms with Gasteiger partial charge in [-0.15, -0.1) is 0 Å². The van der Waals surface area contributed by atoms with Gasteiger partial charge in [-0.25, -0.2) is 0 Å². The monoisotopic (exact) mass is 280 g/mol. The van der Waals surface area contributed by atoms with Gasteiger partial charge >= 0.3 is 0 Å². The highest BCUT2D eigenvalue weighted by Crippen LogP contribution is 2.28. The Hall–Kier alpha value is -0.570. The first-order chi connectivity index (χ1) is 9.63. The van der Waals surface area contributed by atoms with E-state index in [9.17, 15) is 4.79 Å². The van der Waals surface area contributed by atoms with Crippen LogP contribution in [-0.2, 0) is 4.79 Å². The predicted molar refractivity (Wildman–Crippen MR) is 83.6 cm³/mol. The molecule has 20 heavy (non-hydrogen) atoms. The lowest BCUT2D eigenvalue weighted by molar-refractivity contribution is -0.121. The van der Waals surface area contributed by atoms with Gasteiger partial charge in [0.05, 0.1) is 6.54 Å². The van der Waals surface area contributed by atoms with Gasteiger partial charge in [-0.1, -0.05) is 39.5 Å². The molecular formula is C17H32N2O. The largest absolute Gasteiger partial charge is 0.352 e. The van der Waals surface area contributed by atoms with Crippen molar-refractivity contribution in [2.45, 2.75) is 83.7 Å². The first-order valence-electron chi connectivity index (χ1n) is 8.66. The minimum atomic E-state index is 0.197. The molecule has 0 radical (unpaired) electrons. The first kappa shape index (κ1) is 15.8. The maximum atomic E-state index is 12.1. The summed E-state index contributed by atoms with van der Waals surface area (Å²) in [5, 5.41) is 6.69. The number of carbonyl (C=O) groups is 1. The van der Waals surface area contributed by atoms with Crippen LogP contribution in [0.4, 0.5) is 0 Å². The summed E-state index contributed by atoms with van der Waals surface area (Å²) < 4.78 is 0. The second-order valence-corrected chi connectivity index (χ2v) is 7.25. The average molecular weight is 280 g/mol. The van der Waals surface area contributed by atoms with Crippen molar-refractivity contribution in [3.05, 3.63) is 0 Å². The first-order valence-corrected chi connectivity index (χ1v) is 8.66. The third-order valence-electron chi connectivity index (χ3n) is 4.95. The minimum absolute atomic E-state index is 0.197. The van der Waals surface area contributed by atoms with E-state index >= 15 is 0 Å². The Balaban J connectivity index is 1.66. The molecule has 1 amide bonds. The highest BCUT2D eigenvalue weighted by Gasteiger charge is 2.24. The Kier molecular flexibility index (Phi) is 6.34. The molecule has 0 aromatic rings. The fraction of sp³-hybridized carbons (Fsp3) is 0.941. The van der Waals surface area contributed by atoms with Crippen LogP contribution in [0.2, 0.25) is 0 Å². The summed E-state index contributed by atoms with van der Waals surface area (Å²) in [5.74, 6) is 1.78. The lowest BCUT2D eigenvalue weighted by Crippen LogP contribution is -2.45. The molecule has 0 aliphatic heterocycles. The van der Waals surface area contributed by atoms with Crippen LogP contribution in [0.5, 0.6) is 0 Å². The number of carbonyl (C=O) groups excluding carboxylic acids is 1. The van der Waals surface area contributed by atoms with Gasteiger partial charge in [-0.05, 0) is 43.9 Å². The molecule has 0 heterocycles. The molecule has 2 aliphatic carbocycles. The van der Waals surface area contributed by atoms with E-state index in [0.29, 0.717) is 18.6 Å². The summed E-state index contributed by atoms with van der Waals surface area (Å²) in [5.41, 5.74) is 0. The lowest BCUT2D eigenvalue weighted by atomic mass is 9.80. The topological polar surface area (TPSA) is 41.1 Å². The Morgan fingerprint density at radius 2 is 1.50 bits per heavy atom. The van der Waals surface area contributed by atoms with Gasteiger partial charge in [-0.2, -0.15) is 0 Å². The van der Waals surface area contributed by atoms with Crippen LogP contribution in [0, 0.1) is 11.8 Å². The maximum absolute atomic E-state index is 12.1. The molecule has 0 bridgehead atoms. The SMILES string of the molecule is CC1CC(C)CC(NCC(=O)NC2CCCCCC2)C1. The molecule has 116 valence electrons. The van der Waals surface area contributed by atoms with E-state index in [2.05, 4.69) is 24.5 Å². The summed E-state index contributed by atoms with van der Waals surface area (Å²) in [6.07, 6.45) is 11.3. The van der Waals surface area contributed by atoms with Gasteiger partial charge in [0, 0.05) is 12.1 Å². The quantitative estimate of drug-likeness (QED) is 0.776. The predicted octanol–water partition coefficient (Wildman–Crippen LogP) is 3.24. The maximum Gasteiger partial charge on any atom is 0.234 e. The third-order valence-corrected chi connectivity index (χ3v) is 4.95. The van der Waals surface area contributed by atoms with E-state index in [1.54, 1.807) is 0 Å². The molecule has 2 saturated carbocycles. The Bertz CT molecular complexity index is 287. The fourth-order valence-corrected chi connectivity index (χ4v) is 4.05. The smallest absolute Gasteiger partial charge is 0.234 e. The fourth-order valence-electron chi connectivity index (χ4n) is 4.05. The molecule has 0 aromatic heterocycles. The average Bonchev–Trinajstić information content (AvgIpc) is 2.64. The Morgan fingerprint density at radius 3 is 2.10 bits per heavy atom. The van der Waals surface area contributed by atoms with Crippen LogP contribution >= 0.6 is 0 Å². The van der Waals surface area contributed by atoms with Crippen molar-refractivity contribution in [2.24, 2.45) is 11.8 Å². The van der Waals surface area contributed by atoms with Crippen LogP contribution < -0.4 is 10.6 Å². The second-order valence-electron chi connectivity index (χ2n) is 7.25. The molecule has 2 atom stereocenters. The van der Waals surface area contributed by atoms with Crippen LogP contribution in [0.1, 0.15) is 71.6 Å². The van der Waals surface area contributed by atoms with E-state index in [0.717, 1.165) is 11.8 Å². The molecule has 3 nitrogen and oxygen atoms in total. The molecule has 0 saturated heterocycles. The standard InChI is InChI=1S/C17H32N2O/c1-13-9-14(2)11-16(10-13)18-12-17(20)19-15-7-5-3-4-6-8-15/h13-16,18H,3-12H2,1-2H3,(H,19,20). The zero-order valence-electron chi connectivity index (χ0n) is 13.3. The molecule has 2 rings (SSSR count). The zero-order valence-corrected chi connectivity index (χ0v) is 13.3. The number of amides is 1. The van der Waals surface area contributed by atoms with Crippen LogP contribution in [-0.4, -0.2) is 24.5 Å². The number of rotatable bonds is 4. The van der Waals surface area contributed by atoms with Crippen molar-refractivity contribution in [3.8, 4) is 0 Å². The van der Waals surface area contributed by atoms with Gasteiger partial charge < -0.3 is 10.6 Å². The van der Waals surface area contributed by atoms with Crippen molar-refractivity contribution in [3.63, 3.8) is 0 Å². The van der Waals surface area contributed by atoms with Gasteiger partial charge in [0.25, 0.3) is 0 Å². The summed E-state index contributed by atoms with van der Waals surface area (Å²) in [4.78, 5) is 12.1. The molecule has 2 unspecified atom stereocenters. The molecule has 3 heteroatoms. The molecule has 2 fully saturated rings. The second kappa shape index (κ2) is 8.02. The number of nitrogens with one attached hydrogen (secondary N) is 2. The van der Waals surface area contributed by atoms with Gasteiger partial charge in [0.1, 0.15) is 0 Å². The van der Waals surface area contributed by atoms with E-state index in [1.807, 2.05) is 0 Å². The molecule has 2 aliphatic rings. The van der Waals surface area contributed by atoms with Crippen molar-refractivity contribution in [2.75, 3.05) is 6.54 Å². The highest BCUT2D eigenvalue weighted by molar-refractivity contribution is 5.78. The summed E-state index contributed by atoms with van der Waals surface area (Å²) >= 11 is 0. The highest BCUT2D eigenvalue weighted by atomic mass is 16.1. The van der Waals surface area contributed by atoms with Crippen LogP contribution in [0.15, 0.2) is 0 Å². The van der Waals surface area contributed by atoms with E-state index in [-0.39, 0.29) is 5.91 Å². The number of hydrogen-bond donors (Lipinski definition) is 2. The molecule has 0 spiro atoms. The van der Waals surface area contributed by atoms with E-state index in [4.69, 9.17) is 0 Å². The summed E-state index contributed by atoms with van der Waals surface area (Å²) in [7, 11) is 0. The normalized spacial score (nSPS) is 32.6. The van der Waals surface area contributed by atoms with Crippen molar-refractivity contribution < 1.29 is 4.79 Å². The van der Waals surface area contributed by atoms with Crippen LogP contribution in [0.25, 0.3) is 0 Å². The summed E-state index contributed by atoms with van der Waals surface area (Å²) in [6.45, 7) is 5.16. The van der Waals surface area contributed by atoms with E-state index < -0.39 is 0 Å². The van der Waals surface area contributed by atoms with Gasteiger partial charge in [-0.3, -0.25) is 4.79 Å². The third kappa shape index (κ3) is 5.43. The zero-order chi connectivity index (χ0) is 14.4. The Morgan fingerprint density at radius 1 is 0.900 bits per heavy atom. The van der Waals surface area contributed by atoms with Crippen molar-refractivity contribution >= 4 is 5.91 Å². The molecular weight excluding hydrogens is 248 g/mol.